The maximum absolute atomic E-state index is 3.88. The Hall–Kier alpha value is -0.780. The third kappa shape index (κ3) is 9.72. The molecule has 0 fully saturated rings. The first-order chi connectivity index (χ1) is 9.77. The first-order valence-electron chi connectivity index (χ1n) is 8.72. The average Bonchev–Trinajstić information content (AvgIpc) is 2.46. The molecule has 21 heavy (non-hydrogen) atoms. The van der Waals surface area contributed by atoms with Gasteiger partial charge in [0, 0.05) is 0 Å². The zero-order valence-electron chi connectivity index (χ0n) is 15.6. The quantitative estimate of drug-likeness (QED) is 0.295. The SMILES string of the molecule is C=CC(C)CCC(C)C(C)CCC(C)/C(C)=C/C=C(C)C. The molecule has 0 aliphatic carbocycles. The Morgan fingerprint density at radius 2 is 1.33 bits per heavy atom. The largest absolute Gasteiger partial charge is 0.103 e. The molecular weight excluding hydrogens is 252 g/mol. The van der Waals surface area contributed by atoms with Crippen LogP contribution >= 0.6 is 0 Å². The van der Waals surface area contributed by atoms with Crippen LogP contribution < -0.4 is 0 Å². The van der Waals surface area contributed by atoms with Crippen molar-refractivity contribution in [2.45, 2.75) is 74.1 Å². The van der Waals surface area contributed by atoms with E-state index in [0.29, 0.717) is 11.8 Å². The molecule has 4 unspecified atom stereocenters. The van der Waals surface area contributed by atoms with Crippen molar-refractivity contribution in [1.82, 2.24) is 0 Å². The monoisotopic (exact) mass is 290 g/mol. The maximum atomic E-state index is 3.88. The van der Waals surface area contributed by atoms with Gasteiger partial charge >= 0.3 is 0 Å². The van der Waals surface area contributed by atoms with Crippen LogP contribution in [0.15, 0.2) is 36.0 Å². The Morgan fingerprint density at radius 1 is 0.810 bits per heavy atom. The molecule has 0 saturated carbocycles. The van der Waals surface area contributed by atoms with Crippen LogP contribution in [0.5, 0.6) is 0 Å². The highest BCUT2D eigenvalue weighted by Gasteiger charge is 2.14. The van der Waals surface area contributed by atoms with Crippen LogP contribution in [-0.2, 0) is 0 Å². The fraction of sp³-hybridized carbons (Fsp3) is 0.714. The summed E-state index contributed by atoms with van der Waals surface area (Å²) in [4.78, 5) is 0. The molecule has 0 aromatic heterocycles. The highest BCUT2D eigenvalue weighted by atomic mass is 14.2. The van der Waals surface area contributed by atoms with Gasteiger partial charge in [0.2, 0.25) is 0 Å². The second-order valence-electron chi connectivity index (χ2n) is 7.38. The van der Waals surface area contributed by atoms with E-state index in [1.54, 1.807) is 0 Å². The molecule has 0 saturated heterocycles. The van der Waals surface area contributed by atoms with E-state index in [0.717, 1.165) is 11.8 Å². The topological polar surface area (TPSA) is 0 Å². The van der Waals surface area contributed by atoms with Gasteiger partial charge in [0.1, 0.15) is 0 Å². The van der Waals surface area contributed by atoms with Gasteiger partial charge in [-0.3, -0.25) is 0 Å². The van der Waals surface area contributed by atoms with Crippen molar-refractivity contribution in [2.75, 3.05) is 0 Å². The third-order valence-corrected chi connectivity index (χ3v) is 4.96. The predicted molar refractivity (Wildman–Crippen MR) is 98.5 cm³/mol. The van der Waals surface area contributed by atoms with Gasteiger partial charge in [-0.15, -0.1) is 6.58 Å². The van der Waals surface area contributed by atoms with Crippen molar-refractivity contribution in [2.24, 2.45) is 23.7 Å². The highest BCUT2D eigenvalue weighted by Crippen LogP contribution is 2.27. The fourth-order valence-corrected chi connectivity index (χ4v) is 2.42. The predicted octanol–water partition coefficient (Wildman–Crippen LogP) is 7.19. The van der Waals surface area contributed by atoms with Gasteiger partial charge in [-0.25, -0.2) is 0 Å². The lowest BCUT2D eigenvalue weighted by atomic mass is 9.83. The van der Waals surface area contributed by atoms with Crippen LogP contribution in [0.1, 0.15) is 74.1 Å². The van der Waals surface area contributed by atoms with Crippen LogP contribution in [0.4, 0.5) is 0 Å². The lowest BCUT2D eigenvalue weighted by molar-refractivity contribution is 0.310. The molecule has 0 heteroatoms. The van der Waals surface area contributed by atoms with Crippen molar-refractivity contribution in [3.63, 3.8) is 0 Å². The summed E-state index contributed by atoms with van der Waals surface area (Å²) in [6.45, 7) is 19.9. The fourth-order valence-electron chi connectivity index (χ4n) is 2.42. The molecule has 0 nitrogen and oxygen atoms in total. The van der Waals surface area contributed by atoms with Gasteiger partial charge in [0.15, 0.2) is 0 Å². The first kappa shape index (κ1) is 20.2. The lowest BCUT2D eigenvalue weighted by Crippen LogP contribution is -2.11. The van der Waals surface area contributed by atoms with E-state index < -0.39 is 0 Å². The van der Waals surface area contributed by atoms with E-state index in [2.05, 4.69) is 73.3 Å². The standard InChI is InChI=1S/C21H38/c1-9-17(4)11-13-19(6)21(8)15-14-20(7)18(5)12-10-16(2)3/h9-10,12,17,19-21H,1,11,13-15H2,2-8H3/b18-12+. The van der Waals surface area contributed by atoms with Crippen LogP contribution in [0.25, 0.3) is 0 Å². The smallest absolute Gasteiger partial charge is 0.0231 e. The summed E-state index contributed by atoms with van der Waals surface area (Å²) in [5.74, 6) is 3.00. The van der Waals surface area contributed by atoms with Crippen molar-refractivity contribution in [1.29, 1.82) is 0 Å². The molecular formula is C21H38. The summed E-state index contributed by atoms with van der Waals surface area (Å²) in [5.41, 5.74) is 2.89. The van der Waals surface area contributed by atoms with E-state index in [1.807, 2.05) is 0 Å². The van der Waals surface area contributed by atoms with Crippen molar-refractivity contribution >= 4 is 0 Å². The molecule has 0 amide bonds. The Labute approximate surface area is 134 Å². The zero-order valence-corrected chi connectivity index (χ0v) is 15.6. The number of hydrogen-bond acceptors (Lipinski definition) is 0. The summed E-state index contributed by atoms with van der Waals surface area (Å²) in [7, 11) is 0. The second-order valence-corrected chi connectivity index (χ2v) is 7.38. The summed E-state index contributed by atoms with van der Waals surface area (Å²) in [6.07, 6.45) is 11.9. The molecule has 0 radical (unpaired) electrons. The summed E-state index contributed by atoms with van der Waals surface area (Å²) in [6, 6.07) is 0. The highest BCUT2D eigenvalue weighted by molar-refractivity contribution is 5.15. The summed E-state index contributed by atoms with van der Waals surface area (Å²) < 4.78 is 0. The Bertz CT molecular complexity index is 341. The van der Waals surface area contributed by atoms with Gasteiger partial charge in [-0.05, 0) is 70.1 Å². The van der Waals surface area contributed by atoms with E-state index in [1.165, 1.54) is 36.8 Å². The number of hydrogen-bond donors (Lipinski definition) is 0. The van der Waals surface area contributed by atoms with Crippen molar-refractivity contribution in [3.8, 4) is 0 Å². The minimum atomic E-state index is 0.660. The third-order valence-electron chi connectivity index (χ3n) is 4.96. The molecule has 0 rings (SSSR count). The van der Waals surface area contributed by atoms with Crippen LogP contribution in [0.2, 0.25) is 0 Å². The molecule has 0 aliphatic heterocycles. The van der Waals surface area contributed by atoms with Crippen LogP contribution in [0, 0.1) is 23.7 Å². The normalized spacial score (nSPS) is 17.8. The van der Waals surface area contributed by atoms with Gasteiger partial charge in [0.05, 0.1) is 0 Å². The van der Waals surface area contributed by atoms with Crippen molar-refractivity contribution in [3.05, 3.63) is 36.0 Å². The molecule has 0 N–H and O–H groups in total. The van der Waals surface area contributed by atoms with Gasteiger partial charge in [-0.2, -0.15) is 0 Å². The Balaban J connectivity index is 4.16. The minimum Gasteiger partial charge on any atom is -0.103 e. The number of rotatable bonds is 10. The second kappa shape index (κ2) is 10.9. The summed E-state index contributed by atoms with van der Waals surface area (Å²) in [5, 5.41) is 0. The number of allylic oxidation sites excluding steroid dienone is 5. The molecule has 0 heterocycles. The first-order valence-corrected chi connectivity index (χ1v) is 8.72. The van der Waals surface area contributed by atoms with Gasteiger partial charge in [0.25, 0.3) is 0 Å². The van der Waals surface area contributed by atoms with E-state index in [4.69, 9.17) is 0 Å². The minimum absolute atomic E-state index is 0.660. The molecule has 4 atom stereocenters. The Morgan fingerprint density at radius 3 is 1.81 bits per heavy atom. The van der Waals surface area contributed by atoms with E-state index >= 15 is 0 Å². The average molecular weight is 291 g/mol. The van der Waals surface area contributed by atoms with Crippen LogP contribution in [-0.4, -0.2) is 0 Å². The van der Waals surface area contributed by atoms with E-state index in [-0.39, 0.29) is 0 Å². The van der Waals surface area contributed by atoms with Crippen LogP contribution in [0.3, 0.4) is 0 Å². The zero-order chi connectivity index (χ0) is 16.4. The van der Waals surface area contributed by atoms with Gasteiger partial charge in [-0.1, -0.05) is 57.1 Å². The molecule has 0 aliphatic rings. The van der Waals surface area contributed by atoms with E-state index in [9.17, 15) is 0 Å². The van der Waals surface area contributed by atoms with Gasteiger partial charge < -0.3 is 0 Å². The molecule has 122 valence electrons. The van der Waals surface area contributed by atoms with Crippen molar-refractivity contribution < 1.29 is 0 Å². The summed E-state index contributed by atoms with van der Waals surface area (Å²) >= 11 is 0. The molecule has 0 bridgehead atoms. The lowest BCUT2D eigenvalue weighted by Gasteiger charge is -2.22. The molecule has 0 aromatic carbocycles. The maximum Gasteiger partial charge on any atom is -0.0231 e. The molecule has 0 aromatic rings. The molecule has 0 spiro atoms. The Kier molecular flexibility index (Phi) is 10.5.